The molecule has 5 unspecified atom stereocenters. The summed E-state index contributed by atoms with van der Waals surface area (Å²) in [6.45, 7) is 12.0. The number of rotatable bonds is 7. The second-order valence-electron chi connectivity index (χ2n) is 7.86. The van der Waals surface area contributed by atoms with Crippen LogP contribution in [0.5, 0.6) is 0 Å². The van der Waals surface area contributed by atoms with Gasteiger partial charge in [0.25, 0.3) is 0 Å². The first-order valence-electron chi connectivity index (χ1n) is 8.96. The highest BCUT2D eigenvalue weighted by molar-refractivity contribution is 4.93. The number of hydrogen-bond donors (Lipinski definition) is 1. The molecule has 0 bridgehead atoms. The third-order valence-electron chi connectivity index (χ3n) is 5.82. The fourth-order valence-corrected chi connectivity index (χ4v) is 4.00. The van der Waals surface area contributed by atoms with E-state index in [-0.39, 0.29) is 0 Å². The minimum atomic E-state index is 0.726. The summed E-state index contributed by atoms with van der Waals surface area (Å²) in [6.07, 6.45) is 6.90. The number of hydrogen-bond acceptors (Lipinski definition) is 2. The van der Waals surface area contributed by atoms with Crippen LogP contribution < -0.4 is 5.32 Å². The first-order valence-corrected chi connectivity index (χ1v) is 8.96. The Balaban J connectivity index is 1.92. The van der Waals surface area contributed by atoms with Gasteiger partial charge in [-0.05, 0) is 69.4 Å². The van der Waals surface area contributed by atoms with Crippen LogP contribution in [0, 0.1) is 23.7 Å². The zero-order valence-corrected chi connectivity index (χ0v) is 14.4. The Bertz CT molecular complexity index is 289. The third kappa shape index (κ3) is 4.21. The molecule has 0 aromatic rings. The minimum absolute atomic E-state index is 0.726. The molecule has 2 rings (SSSR count). The maximum atomic E-state index is 3.82. The second-order valence-corrected chi connectivity index (χ2v) is 7.86. The summed E-state index contributed by atoms with van der Waals surface area (Å²) in [6, 6.07) is 1.49. The van der Waals surface area contributed by atoms with Crippen molar-refractivity contribution in [2.75, 3.05) is 20.1 Å². The molecule has 118 valence electrons. The average molecular weight is 280 g/mol. The fraction of sp³-hybridized carbons (Fsp3) is 1.00. The van der Waals surface area contributed by atoms with Gasteiger partial charge in [0.2, 0.25) is 0 Å². The van der Waals surface area contributed by atoms with Crippen LogP contribution in [0.4, 0.5) is 0 Å². The molecule has 2 fully saturated rings. The monoisotopic (exact) mass is 280 g/mol. The Labute approximate surface area is 126 Å². The van der Waals surface area contributed by atoms with Crippen molar-refractivity contribution in [2.24, 2.45) is 23.7 Å². The quantitative estimate of drug-likeness (QED) is 0.764. The van der Waals surface area contributed by atoms with Crippen molar-refractivity contribution >= 4 is 0 Å². The van der Waals surface area contributed by atoms with Gasteiger partial charge in [-0.25, -0.2) is 0 Å². The van der Waals surface area contributed by atoms with E-state index in [1.165, 1.54) is 45.2 Å². The van der Waals surface area contributed by atoms with E-state index in [9.17, 15) is 0 Å². The van der Waals surface area contributed by atoms with Gasteiger partial charge in [-0.3, -0.25) is 0 Å². The van der Waals surface area contributed by atoms with Gasteiger partial charge in [-0.2, -0.15) is 0 Å². The van der Waals surface area contributed by atoms with Gasteiger partial charge in [0.05, 0.1) is 0 Å². The molecule has 0 spiro atoms. The van der Waals surface area contributed by atoms with E-state index >= 15 is 0 Å². The molecule has 0 saturated heterocycles. The number of likely N-dealkylation sites (N-methyl/N-ethyl adjacent to an activating group) is 1. The molecular formula is C18H36N2. The maximum Gasteiger partial charge on any atom is 0.0249 e. The Kier molecular flexibility index (Phi) is 5.92. The Hall–Kier alpha value is -0.0800. The molecule has 0 aromatic carbocycles. The molecule has 0 amide bonds. The zero-order valence-electron chi connectivity index (χ0n) is 14.4. The molecule has 2 nitrogen and oxygen atoms in total. The van der Waals surface area contributed by atoms with Crippen LogP contribution in [0.15, 0.2) is 0 Å². The van der Waals surface area contributed by atoms with Crippen molar-refractivity contribution in [3.05, 3.63) is 0 Å². The molecule has 20 heavy (non-hydrogen) atoms. The molecule has 2 heteroatoms. The molecule has 0 aromatic heterocycles. The van der Waals surface area contributed by atoms with Gasteiger partial charge in [-0.1, -0.05) is 27.7 Å². The topological polar surface area (TPSA) is 15.3 Å². The van der Waals surface area contributed by atoms with E-state index in [1.807, 2.05) is 0 Å². The van der Waals surface area contributed by atoms with E-state index in [1.54, 1.807) is 0 Å². The predicted molar refractivity (Wildman–Crippen MR) is 87.9 cm³/mol. The van der Waals surface area contributed by atoms with Gasteiger partial charge in [0.1, 0.15) is 0 Å². The van der Waals surface area contributed by atoms with Crippen molar-refractivity contribution in [1.29, 1.82) is 0 Å². The standard InChI is InChI=1S/C18H36N2/c1-6-9-19-17-8-7-15(13(2)3)11-18(17)20(5)12-16-10-14(16)4/h13-19H,6-12H2,1-5H3. The minimum Gasteiger partial charge on any atom is -0.312 e. The van der Waals surface area contributed by atoms with Gasteiger partial charge in [0, 0.05) is 18.6 Å². The van der Waals surface area contributed by atoms with Gasteiger partial charge >= 0.3 is 0 Å². The van der Waals surface area contributed by atoms with Crippen LogP contribution in [0.25, 0.3) is 0 Å². The van der Waals surface area contributed by atoms with Crippen molar-refractivity contribution in [1.82, 2.24) is 10.2 Å². The lowest BCUT2D eigenvalue weighted by Crippen LogP contribution is -2.53. The fourth-order valence-electron chi connectivity index (χ4n) is 4.00. The summed E-state index contributed by atoms with van der Waals surface area (Å²) in [5, 5.41) is 3.82. The second kappa shape index (κ2) is 7.26. The van der Waals surface area contributed by atoms with Crippen LogP contribution >= 0.6 is 0 Å². The first-order chi connectivity index (χ1) is 9.52. The van der Waals surface area contributed by atoms with Crippen molar-refractivity contribution in [3.63, 3.8) is 0 Å². The van der Waals surface area contributed by atoms with Crippen LogP contribution in [0.2, 0.25) is 0 Å². The van der Waals surface area contributed by atoms with Crippen molar-refractivity contribution in [2.45, 2.75) is 71.9 Å². The summed E-state index contributed by atoms with van der Waals surface area (Å²) in [5.41, 5.74) is 0. The van der Waals surface area contributed by atoms with Crippen molar-refractivity contribution in [3.8, 4) is 0 Å². The molecule has 0 radical (unpaired) electrons. The van der Waals surface area contributed by atoms with E-state index in [0.29, 0.717) is 0 Å². The Morgan fingerprint density at radius 2 is 1.90 bits per heavy atom. The number of nitrogens with zero attached hydrogens (tertiary/aromatic N) is 1. The highest BCUT2D eigenvalue weighted by Gasteiger charge is 2.38. The molecule has 2 aliphatic rings. The van der Waals surface area contributed by atoms with Crippen LogP contribution in [0.3, 0.4) is 0 Å². The molecule has 1 N–H and O–H groups in total. The summed E-state index contributed by atoms with van der Waals surface area (Å²) < 4.78 is 0. The van der Waals surface area contributed by atoms with Gasteiger partial charge in [-0.15, -0.1) is 0 Å². The molecule has 2 saturated carbocycles. The maximum absolute atomic E-state index is 3.82. The summed E-state index contributed by atoms with van der Waals surface area (Å²) in [5.74, 6) is 3.73. The predicted octanol–water partition coefficient (Wildman–Crippen LogP) is 3.77. The Morgan fingerprint density at radius 1 is 1.20 bits per heavy atom. The number of nitrogens with one attached hydrogen (secondary N) is 1. The van der Waals surface area contributed by atoms with Crippen molar-refractivity contribution < 1.29 is 0 Å². The van der Waals surface area contributed by atoms with Crippen LogP contribution in [-0.4, -0.2) is 37.1 Å². The van der Waals surface area contributed by atoms with Crippen LogP contribution in [0.1, 0.15) is 59.8 Å². The van der Waals surface area contributed by atoms with E-state index in [4.69, 9.17) is 0 Å². The lowest BCUT2D eigenvalue weighted by molar-refractivity contribution is 0.0981. The largest absolute Gasteiger partial charge is 0.312 e. The molecular weight excluding hydrogens is 244 g/mol. The summed E-state index contributed by atoms with van der Waals surface area (Å²) in [4.78, 5) is 2.69. The highest BCUT2D eigenvalue weighted by atomic mass is 15.2. The zero-order chi connectivity index (χ0) is 14.7. The molecule has 0 heterocycles. The lowest BCUT2D eigenvalue weighted by Gasteiger charge is -2.43. The van der Waals surface area contributed by atoms with Gasteiger partial charge in [0.15, 0.2) is 0 Å². The van der Waals surface area contributed by atoms with E-state index < -0.39 is 0 Å². The molecule has 5 atom stereocenters. The van der Waals surface area contributed by atoms with Crippen LogP contribution in [-0.2, 0) is 0 Å². The lowest BCUT2D eigenvalue weighted by atomic mass is 9.76. The highest BCUT2D eigenvalue weighted by Crippen LogP contribution is 2.40. The Morgan fingerprint density at radius 3 is 2.45 bits per heavy atom. The molecule has 2 aliphatic carbocycles. The third-order valence-corrected chi connectivity index (χ3v) is 5.82. The summed E-state index contributed by atoms with van der Waals surface area (Å²) >= 11 is 0. The summed E-state index contributed by atoms with van der Waals surface area (Å²) in [7, 11) is 2.37. The first kappa shape index (κ1) is 16.3. The molecule has 0 aliphatic heterocycles. The van der Waals surface area contributed by atoms with E-state index in [0.717, 1.165) is 35.8 Å². The van der Waals surface area contributed by atoms with E-state index in [2.05, 4.69) is 45.0 Å². The normalized spacial score (nSPS) is 37.6. The van der Waals surface area contributed by atoms with Gasteiger partial charge < -0.3 is 10.2 Å². The smallest absolute Gasteiger partial charge is 0.0249 e. The average Bonchev–Trinajstić information content (AvgIpc) is 3.11. The SMILES string of the molecule is CCCNC1CCC(C(C)C)CC1N(C)CC1CC1C.